The van der Waals surface area contributed by atoms with Crippen molar-refractivity contribution in [3.05, 3.63) is 94.2 Å². The maximum absolute atomic E-state index is 10.7. The third-order valence-corrected chi connectivity index (χ3v) is 5.57. The van der Waals surface area contributed by atoms with Gasteiger partial charge in [0.05, 0.1) is 0 Å². The summed E-state index contributed by atoms with van der Waals surface area (Å²) < 4.78 is 5.17. The number of carboxylic acid groups (broad SMARTS) is 1. The number of allylic oxidation sites excluding steroid dienone is 4. The zero-order valence-electron chi connectivity index (χ0n) is 15.6. The number of hydrogen-bond acceptors (Lipinski definition) is 3. The van der Waals surface area contributed by atoms with Gasteiger partial charge in [0.2, 0.25) is 0 Å². The van der Waals surface area contributed by atoms with Gasteiger partial charge >= 0.3 is 5.97 Å². The molecule has 29 heavy (non-hydrogen) atoms. The Labute approximate surface area is 179 Å². The number of rotatable bonds is 7. The van der Waals surface area contributed by atoms with Crippen molar-refractivity contribution in [1.29, 1.82) is 0 Å². The van der Waals surface area contributed by atoms with Crippen molar-refractivity contribution in [2.24, 2.45) is 5.41 Å². The van der Waals surface area contributed by atoms with Crippen LogP contribution in [-0.4, -0.2) is 22.8 Å². The Morgan fingerprint density at radius 1 is 1.21 bits per heavy atom. The highest BCUT2D eigenvalue weighted by atomic mass is 35.5. The summed E-state index contributed by atoms with van der Waals surface area (Å²) >= 11 is 12.9. The number of aliphatic hydroxyl groups is 1. The molecular weight excluding hydrogens is 411 g/mol. The van der Waals surface area contributed by atoms with Crippen LogP contribution >= 0.6 is 23.2 Å². The summed E-state index contributed by atoms with van der Waals surface area (Å²) in [4.78, 5) is 10.7. The molecule has 0 heterocycles. The number of halogens is 2. The molecule has 1 aliphatic rings. The molecule has 0 bridgehead atoms. The molecule has 2 N–H and O–H groups in total. The molecule has 150 valence electrons. The minimum absolute atomic E-state index is 0.225. The summed E-state index contributed by atoms with van der Waals surface area (Å²) in [7, 11) is 0. The van der Waals surface area contributed by atoms with Gasteiger partial charge in [0.25, 0.3) is 0 Å². The fraction of sp³-hybridized carbons (Fsp3) is 0.174. The third-order valence-electron chi connectivity index (χ3n) is 4.90. The first-order chi connectivity index (χ1) is 13.8. The van der Waals surface area contributed by atoms with Crippen molar-refractivity contribution in [2.45, 2.75) is 12.8 Å². The van der Waals surface area contributed by atoms with Gasteiger partial charge in [-0.15, -0.1) is 6.58 Å². The highest BCUT2D eigenvalue weighted by molar-refractivity contribution is 6.36. The Hall–Kier alpha value is -2.69. The van der Waals surface area contributed by atoms with Gasteiger partial charge in [-0.05, 0) is 42.2 Å². The molecule has 0 amide bonds. The Bertz CT molecular complexity index is 972. The van der Waals surface area contributed by atoms with E-state index in [-0.39, 0.29) is 5.76 Å². The molecule has 0 aromatic heterocycles. The molecule has 2 aromatic carbocycles. The monoisotopic (exact) mass is 430 g/mol. The van der Waals surface area contributed by atoms with Crippen LogP contribution in [-0.2, 0) is 11.2 Å². The van der Waals surface area contributed by atoms with Gasteiger partial charge in [-0.25, -0.2) is 4.79 Å². The quantitative estimate of drug-likeness (QED) is 0.520. The molecular formula is C23H20Cl2O4. The summed E-state index contributed by atoms with van der Waals surface area (Å²) in [5, 5.41) is 19.9. The molecule has 6 heteroatoms. The van der Waals surface area contributed by atoms with Crippen LogP contribution in [0.5, 0.6) is 5.75 Å². The van der Waals surface area contributed by atoms with Crippen molar-refractivity contribution in [3.8, 4) is 5.75 Å². The minimum atomic E-state index is -1.08. The zero-order chi connectivity index (χ0) is 21.0. The van der Waals surface area contributed by atoms with Gasteiger partial charge in [0.1, 0.15) is 11.5 Å². The predicted octanol–water partition coefficient (Wildman–Crippen LogP) is 6.10. The van der Waals surface area contributed by atoms with Gasteiger partial charge < -0.3 is 14.9 Å². The van der Waals surface area contributed by atoms with E-state index in [1.54, 1.807) is 18.2 Å². The number of hydrogen-bond donors (Lipinski definition) is 2. The van der Waals surface area contributed by atoms with Crippen molar-refractivity contribution in [2.75, 3.05) is 6.61 Å². The lowest BCUT2D eigenvalue weighted by Gasteiger charge is -2.32. The number of benzene rings is 2. The van der Waals surface area contributed by atoms with Crippen LogP contribution in [0.1, 0.15) is 17.5 Å². The minimum Gasteiger partial charge on any atom is -0.508 e. The van der Waals surface area contributed by atoms with Crippen molar-refractivity contribution < 1.29 is 19.7 Å². The molecule has 0 saturated heterocycles. The summed E-state index contributed by atoms with van der Waals surface area (Å²) in [6.07, 6.45) is 6.42. The maximum Gasteiger partial charge on any atom is 0.341 e. The molecule has 0 radical (unpaired) electrons. The lowest BCUT2D eigenvalue weighted by atomic mass is 9.72. The van der Waals surface area contributed by atoms with Gasteiger partial charge in [0.15, 0.2) is 6.61 Å². The first-order valence-electron chi connectivity index (χ1n) is 8.96. The predicted molar refractivity (Wildman–Crippen MR) is 116 cm³/mol. The second-order valence-electron chi connectivity index (χ2n) is 6.90. The van der Waals surface area contributed by atoms with Gasteiger partial charge in [-0.2, -0.15) is 0 Å². The molecule has 3 rings (SSSR count). The number of carbonyl (C=O) groups is 1. The van der Waals surface area contributed by atoms with Crippen molar-refractivity contribution in [1.82, 2.24) is 0 Å². The molecule has 0 spiro atoms. The second kappa shape index (κ2) is 8.76. The Morgan fingerprint density at radius 2 is 1.86 bits per heavy atom. The fourth-order valence-electron chi connectivity index (χ4n) is 3.35. The lowest BCUT2D eigenvalue weighted by Crippen LogP contribution is -2.22. The Kier molecular flexibility index (Phi) is 6.36. The highest BCUT2D eigenvalue weighted by Gasteiger charge is 2.32. The van der Waals surface area contributed by atoms with E-state index in [9.17, 15) is 9.90 Å². The van der Waals surface area contributed by atoms with E-state index in [0.29, 0.717) is 34.2 Å². The van der Waals surface area contributed by atoms with Gasteiger partial charge in [0, 0.05) is 21.0 Å². The molecule has 4 nitrogen and oxygen atoms in total. The van der Waals surface area contributed by atoms with Crippen molar-refractivity contribution in [3.63, 3.8) is 0 Å². The van der Waals surface area contributed by atoms with E-state index in [1.807, 2.05) is 42.5 Å². The van der Waals surface area contributed by atoms with Crippen LogP contribution in [0.25, 0.3) is 5.57 Å². The summed E-state index contributed by atoms with van der Waals surface area (Å²) in [6.45, 7) is 3.52. The summed E-state index contributed by atoms with van der Waals surface area (Å²) in [5.41, 5.74) is 1.97. The Morgan fingerprint density at radius 3 is 2.45 bits per heavy atom. The number of carboxylic acids is 1. The van der Waals surface area contributed by atoms with Crippen LogP contribution in [0.3, 0.4) is 0 Å². The number of aliphatic carboxylic acids is 1. The average Bonchev–Trinajstić information content (AvgIpc) is 2.71. The van der Waals surface area contributed by atoms with E-state index in [2.05, 4.69) is 6.58 Å². The van der Waals surface area contributed by atoms with Crippen molar-refractivity contribution >= 4 is 34.7 Å². The topological polar surface area (TPSA) is 66.8 Å². The number of ether oxygens (including phenoxy) is 1. The van der Waals surface area contributed by atoms with Crippen LogP contribution in [0.4, 0.5) is 0 Å². The molecule has 0 aliphatic heterocycles. The van der Waals surface area contributed by atoms with E-state index in [0.717, 1.165) is 11.1 Å². The second-order valence-corrected chi connectivity index (χ2v) is 7.72. The van der Waals surface area contributed by atoms with E-state index < -0.39 is 18.0 Å². The molecule has 1 aliphatic carbocycles. The first kappa shape index (κ1) is 21.0. The molecule has 2 aromatic rings. The SMILES string of the molecule is C=CC1(Cc2c(Cl)cc(OCC(=O)O)cc2Cl)C=CC(O)=C(c2ccccc2)C1. The van der Waals surface area contributed by atoms with E-state index >= 15 is 0 Å². The average molecular weight is 431 g/mol. The van der Waals surface area contributed by atoms with Crippen LogP contribution in [0.15, 0.2) is 73.0 Å². The van der Waals surface area contributed by atoms with Gasteiger partial charge in [-0.1, -0.05) is 65.7 Å². The molecule has 1 atom stereocenters. The maximum atomic E-state index is 10.7. The lowest BCUT2D eigenvalue weighted by molar-refractivity contribution is -0.139. The largest absolute Gasteiger partial charge is 0.508 e. The van der Waals surface area contributed by atoms with Crippen LogP contribution < -0.4 is 4.74 Å². The standard InChI is InChI=1S/C23H20Cl2O4/c1-2-23(9-8-21(26)17(12-23)15-6-4-3-5-7-15)13-18-19(24)10-16(11-20(18)25)29-14-22(27)28/h2-11,26H,1,12-14H2,(H,27,28). The Balaban J connectivity index is 1.89. The first-order valence-corrected chi connectivity index (χ1v) is 9.72. The van der Waals surface area contributed by atoms with E-state index in [4.69, 9.17) is 33.0 Å². The molecule has 1 unspecified atom stereocenters. The summed E-state index contributed by atoms with van der Waals surface area (Å²) in [5.74, 6) is -0.567. The molecule has 0 saturated carbocycles. The zero-order valence-corrected chi connectivity index (χ0v) is 17.1. The highest BCUT2D eigenvalue weighted by Crippen LogP contribution is 2.44. The van der Waals surface area contributed by atoms with E-state index in [1.165, 1.54) is 0 Å². The number of aliphatic hydroxyl groups excluding tert-OH is 1. The fourth-order valence-corrected chi connectivity index (χ4v) is 3.95. The van der Waals surface area contributed by atoms with Crippen LogP contribution in [0.2, 0.25) is 10.0 Å². The van der Waals surface area contributed by atoms with Crippen LogP contribution in [0, 0.1) is 5.41 Å². The molecule has 0 fully saturated rings. The smallest absolute Gasteiger partial charge is 0.341 e. The summed E-state index contributed by atoms with van der Waals surface area (Å²) in [6, 6.07) is 12.8. The third kappa shape index (κ3) is 4.84. The van der Waals surface area contributed by atoms with Gasteiger partial charge in [-0.3, -0.25) is 0 Å². The normalized spacial score (nSPS) is 18.6.